The van der Waals surface area contributed by atoms with Crippen LogP contribution < -0.4 is 4.90 Å². The predicted octanol–water partition coefficient (Wildman–Crippen LogP) is 2.70. The molecule has 0 aliphatic carbocycles. The first-order chi connectivity index (χ1) is 6.70. The molecule has 0 N–H and O–H groups in total. The van der Waals surface area contributed by atoms with Gasteiger partial charge in [0.25, 0.3) is 0 Å². The molecule has 0 saturated carbocycles. The molecule has 1 heterocycles. The summed E-state index contributed by atoms with van der Waals surface area (Å²) in [6, 6.07) is 7.19. The van der Waals surface area contributed by atoms with Gasteiger partial charge in [-0.2, -0.15) is 0 Å². The Kier molecular flexibility index (Phi) is 2.76. The van der Waals surface area contributed by atoms with Crippen LogP contribution in [0, 0.1) is 0 Å². The van der Waals surface area contributed by atoms with Gasteiger partial charge in [0, 0.05) is 0 Å². The van der Waals surface area contributed by atoms with E-state index in [2.05, 4.69) is 0 Å². The van der Waals surface area contributed by atoms with Crippen LogP contribution in [0.4, 0.5) is 5.69 Å². The first kappa shape index (κ1) is 9.96. The number of benzene rings is 1. The van der Waals surface area contributed by atoms with Crippen LogP contribution >= 0.6 is 35.6 Å². The van der Waals surface area contributed by atoms with E-state index in [1.54, 1.807) is 12.1 Å². The van der Waals surface area contributed by atoms with Crippen molar-refractivity contribution in [1.82, 2.24) is 0 Å². The second kappa shape index (κ2) is 3.88. The van der Waals surface area contributed by atoms with Gasteiger partial charge in [0.15, 0.2) is 0 Å². The van der Waals surface area contributed by atoms with Crippen molar-refractivity contribution in [2.75, 3.05) is 10.7 Å². The number of hydrogen-bond donors (Lipinski definition) is 0. The molecule has 14 heavy (non-hydrogen) atoms. The maximum atomic E-state index is 11.5. The first-order valence-corrected chi connectivity index (χ1v) is 5.71. The third-order valence-electron chi connectivity index (χ3n) is 1.84. The first-order valence-electron chi connectivity index (χ1n) is 3.94. The Morgan fingerprint density at radius 3 is 2.71 bits per heavy atom. The molecular weight excluding hydrogens is 238 g/mol. The van der Waals surface area contributed by atoms with Gasteiger partial charge in [-0.3, -0.25) is 9.69 Å². The van der Waals surface area contributed by atoms with E-state index in [0.717, 1.165) is 0 Å². The van der Waals surface area contributed by atoms with Gasteiger partial charge in [0.2, 0.25) is 5.91 Å². The minimum absolute atomic E-state index is 0.00639. The SMILES string of the molecule is O=C1CSC(=S)N1c1ccccc1Cl. The van der Waals surface area contributed by atoms with Crippen LogP contribution in [0.2, 0.25) is 5.02 Å². The maximum Gasteiger partial charge on any atom is 0.243 e. The fourth-order valence-electron chi connectivity index (χ4n) is 1.22. The molecule has 0 bridgehead atoms. The molecule has 1 aromatic rings. The Morgan fingerprint density at radius 2 is 2.14 bits per heavy atom. The normalized spacial score (nSPS) is 16.5. The molecule has 72 valence electrons. The van der Waals surface area contributed by atoms with E-state index in [9.17, 15) is 4.79 Å². The molecule has 0 unspecified atom stereocenters. The van der Waals surface area contributed by atoms with Crippen LogP contribution in [-0.2, 0) is 4.79 Å². The average molecular weight is 244 g/mol. The smallest absolute Gasteiger partial charge is 0.243 e. The van der Waals surface area contributed by atoms with Crippen LogP contribution in [0.5, 0.6) is 0 Å². The van der Waals surface area contributed by atoms with E-state index in [1.807, 2.05) is 12.1 Å². The lowest BCUT2D eigenvalue weighted by Gasteiger charge is -2.15. The van der Waals surface area contributed by atoms with Gasteiger partial charge in [-0.15, -0.1) is 0 Å². The van der Waals surface area contributed by atoms with Crippen molar-refractivity contribution >= 4 is 51.5 Å². The van der Waals surface area contributed by atoms with E-state index < -0.39 is 0 Å². The highest BCUT2D eigenvalue weighted by atomic mass is 35.5. The second-order valence-corrected chi connectivity index (χ2v) is 4.75. The summed E-state index contributed by atoms with van der Waals surface area (Å²) in [5, 5.41) is 0.547. The monoisotopic (exact) mass is 243 g/mol. The minimum atomic E-state index is -0.00639. The molecule has 0 atom stereocenters. The lowest BCUT2D eigenvalue weighted by atomic mass is 10.3. The van der Waals surface area contributed by atoms with Gasteiger partial charge in [0.1, 0.15) is 4.32 Å². The highest BCUT2D eigenvalue weighted by Crippen LogP contribution is 2.31. The molecule has 0 aromatic heterocycles. The average Bonchev–Trinajstić information content (AvgIpc) is 2.48. The van der Waals surface area contributed by atoms with E-state index in [1.165, 1.54) is 16.7 Å². The molecule has 0 spiro atoms. The summed E-state index contributed by atoms with van der Waals surface area (Å²) in [5.41, 5.74) is 0.675. The van der Waals surface area contributed by atoms with E-state index in [-0.39, 0.29) is 5.91 Å². The van der Waals surface area contributed by atoms with Crippen molar-refractivity contribution in [2.45, 2.75) is 0 Å². The van der Waals surface area contributed by atoms with Crippen molar-refractivity contribution < 1.29 is 4.79 Å². The second-order valence-electron chi connectivity index (χ2n) is 2.74. The predicted molar refractivity (Wildman–Crippen MR) is 64.0 cm³/mol. The number of para-hydroxylation sites is 1. The number of thioether (sulfide) groups is 1. The van der Waals surface area contributed by atoms with Gasteiger partial charge in [-0.25, -0.2) is 0 Å². The topological polar surface area (TPSA) is 20.3 Å². The maximum absolute atomic E-state index is 11.5. The van der Waals surface area contributed by atoms with Crippen molar-refractivity contribution in [2.24, 2.45) is 0 Å². The van der Waals surface area contributed by atoms with Crippen LogP contribution in [0.3, 0.4) is 0 Å². The number of amides is 1. The third-order valence-corrected chi connectivity index (χ3v) is 3.52. The number of anilines is 1. The summed E-state index contributed by atoms with van der Waals surface area (Å²) in [5.74, 6) is 0.400. The Hall–Kier alpha value is -0.580. The van der Waals surface area contributed by atoms with Gasteiger partial charge in [-0.05, 0) is 12.1 Å². The molecular formula is C9H6ClNOS2. The van der Waals surface area contributed by atoms with Gasteiger partial charge < -0.3 is 0 Å². The largest absolute Gasteiger partial charge is 0.273 e. The van der Waals surface area contributed by atoms with E-state index >= 15 is 0 Å². The zero-order chi connectivity index (χ0) is 10.1. The zero-order valence-corrected chi connectivity index (χ0v) is 9.46. The molecule has 5 heteroatoms. The van der Waals surface area contributed by atoms with Gasteiger partial charge in [-0.1, -0.05) is 47.7 Å². The molecule has 1 amide bonds. The number of carbonyl (C=O) groups excluding carboxylic acids is 1. The summed E-state index contributed by atoms with van der Waals surface area (Å²) in [4.78, 5) is 13.0. The molecule has 1 aromatic carbocycles. The summed E-state index contributed by atoms with van der Waals surface area (Å²) < 4.78 is 0.572. The quantitative estimate of drug-likeness (QED) is 0.708. The summed E-state index contributed by atoms with van der Waals surface area (Å²) in [6.07, 6.45) is 0. The van der Waals surface area contributed by atoms with Crippen LogP contribution in [0.1, 0.15) is 0 Å². The molecule has 1 aliphatic rings. The van der Waals surface area contributed by atoms with Crippen LogP contribution in [0.15, 0.2) is 24.3 Å². The highest BCUT2D eigenvalue weighted by molar-refractivity contribution is 8.24. The van der Waals surface area contributed by atoms with E-state index in [4.69, 9.17) is 23.8 Å². The number of hydrogen-bond acceptors (Lipinski definition) is 3. The lowest BCUT2D eigenvalue weighted by Crippen LogP contribution is -2.28. The zero-order valence-electron chi connectivity index (χ0n) is 7.07. The minimum Gasteiger partial charge on any atom is -0.273 e. The Bertz CT molecular complexity index is 392. The van der Waals surface area contributed by atoms with Crippen molar-refractivity contribution in [1.29, 1.82) is 0 Å². The summed E-state index contributed by atoms with van der Waals surface area (Å²) in [6.45, 7) is 0. The fraction of sp³-hybridized carbons (Fsp3) is 0.111. The van der Waals surface area contributed by atoms with Crippen molar-refractivity contribution in [3.05, 3.63) is 29.3 Å². The Balaban J connectivity index is 2.44. The number of thiocarbonyl (C=S) groups is 1. The summed E-state index contributed by atoms with van der Waals surface area (Å²) in [7, 11) is 0. The Labute approximate surface area is 96.2 Å². The molecule has 1 saturated heterocycles. The number of carbonyl (C=O) groups is 1. The molecule has 0 radical (unpaired) electrons. The summed E-state index contributed by atoms with van der Waals surface area (Å²) >= 11 is 12.4. The standard InChI is InChI=1S/C9H6ClNOS2/c10-6-3-1-2-4-7(6)11-8(12)5-14-9(11)13/h1-4H,5H2. The van der Waals surface area contributed by atoms with Crippen LogP contribution in [0.25, 0.3) is 0 Å². The number of rotatable bonds is 1. The highest BCUT2D eigenvalue weighted by Gasteiger charge is 2.29. The van der Waals surface area contributed by atoms with Crippen molar-refractivity contribution in [3.8, 4) is 0 Å². The van der Waals surface area contributed by atoms with Crippen molar-refractivity contribution in [3.63, 3.8) is 0 Å². The number of nitrogens with zero attached hydrogens (tertiary/aromatic N) is 1. The van der Waals surface area contributed by atoms with E-state index in [0.29, 0.717) is 20.8 Å². The lowest BCUT2D eigenvalue weighted by molar-refractivity contribution is -0.115. The molecule has 1 fully saturated rings. The third kappa shape index (κ3) is 1.65. The molecule has 1 aliphatic heterocycles. The number of halogens is 1. The Morgan fingerprint density at radius 1 is 1.43 bits per heavy atom. The molecule has 2 nitrogen and oxygen atoms in total. The van der Waals surface area contributed by atoms with Gasteiger partial charge >= 0.3 is 0 Å². The van der Waals surface area contributed by atoms with Crippen LogP contribution in [-0.4, -0.2) is 16.0 Å². The van der Waals surface area contributed by atoms with Gasteiger partial charge in [0.05, 0.1) is 16.5 Å². The molecule has 2 rings (SSSR count). The fourth-order valence-corrected chi connectivity index (χ4v) is 2.52.